The van der Waals surface area contributed by atoms with Gasteiger partial charge in [0.2, 0.25) is 11.8 Å². The Labute approximate surface area is 192 Å². The highest BCUT2D eigenvalue weighted by Crippen LogP contribution is 2.32. The van der Waals surface area contributed by atoms with Crippen LogP contribution in [0.3, 0.4) is 0 Å². The minimum absolute atomic E-state index is 0.00559. The maximum Gasteiger partial charge on any atom is 0.234 e. The second kappa shape index (κ2) is 11.4. The number of carbonyl (C=O) groups is 2. The van der Waals surface area contributed by atoms with Crippen molar-refractivity contribution in [1.82, 2.24) is 20.5 Å². The van der Waals surface area contributed by atoms with Gasteiger partial charge in [-0.3, -0.25) is 25.2 Å². The Hall–Kier alpha value is -2.70. The minimum Gasteiger partial charge on any atom is -0.488 e. The second-order valence-corrected chi connectivity index (χ2v) is 8.70. The first kappa shape index (κ1) is 24.9. The zero-order chi connectivity index (χ0) is 24.0. The van der Waals surface area contributed by atoms with Crippen molar-refractivity contribution in [2.45, 2.75) is 50.3 Å². The monoisotopic (exact) mass is 465 g/mol. The number of hydrogen-bond acceptors (Lipinski definition) is 9. The number of hydrogen-bond donors (Lipinski definition) is 4. The topological polar surface area (TPSA) is 151 Å². The van der Waals surface area contributed by atoms with Gasteiger partial charge >= 0.3 is 0 Å². The quantitative estimate of drug-likeness (QED) is 0.407. The Kier molecular flexibility index (Phi) is 8.64. The van der Waals surface area contributed by atoms with Crippen LogP contribution >= 0.6 is 0 Å². The fourth-order valence-electron chi connectivity index (χ4n) is 4.24. The van der Waals surface area contributed by atoms with Gasteiger partial charge in [0.15, 0.2) is 6.17 Å². The Morgan fingerprint density at radius 2 is 1.94 bits per heavy atom. The molecular formula is C21H32FN7O4. The van der Waals surface area contributed by atoms with Gasteiger partial charge in [0.05, 0.1) is 18.5 Å². The molecule has 11 nitrogen and oxygen atoms in total. The molecule has 3 rings (SSSR count). The van der Waals surface area contributed by atoms with Crippen LogP contribution in [0.15, 0.2) is 23.6 Å². The number of pyridine rings is 1. The molecule has 1 saturated carbocycles. The number of nitrogens with one attached hydrogen (secondary N) is 3. The van der Waals surface area contributed by atoms with E-state index in [1.165, 1.54) is 6.20 Å². The van der Waals surface area contributed by atoms with Gasteiger partial charge in [-0.05, 0) is 25.7 Å². The van der Waals surface area contributed by atoms with E-state index >= 15 is 0 Å². The van der Waals surface area contributed by atoms with E-state index in [1.807, 2.05) is 0 Å². The summed E-state index contributed by atoms with van der Waals surface area (Å²) in [6, 6.07) is 1.64. The van der Waals surface area contributed by atoms with E-state index < -0.39 is 30.3 Å². The highest BCUT2D eigenvalue weighted by molar-refractivity contribution is 5.94. The molecule has 5 N–H and O–H groups in total. The van der Waals surface area contributed by atoms with Crippen molar-refractivity contribution in [2.75, 3.05) is 32.5 Å². The SMILES string of the molecule is CN(C)C(=O)[C@H]1CC[C@@H](Oc2ccncc2NC(=O)C(C(N)N=O)C2NCC(F)CN2)CC1. The number of rotatable bonds is 8. The van der Waals surface area contributed by atoms with Crippen molar-refractivity contribution in [2.24, 2.45) is 22.7 Å². The molecular weight excluding hydrogens is 433 g/mol. The molecule has 2 atom stereocenters. The highest BCUT2D eigenvalue weighted by atomic mass is 19.1. The molecule has 2 aliphatic rings. The predicted molar refractivity (Wildman–Crippen MR) is 120 cm³/mol. The van der Waals surface area contributed by atoms with Gasteiger partial charge in [-0.1, -0.05) is 5.18 Å². The van der Waals surface area contributed by atoms with E-state index in [1.54, 1.807) is 31.3 Å². The molecule has 0 radical (unpaired) electrons. The molecule has 1 aromatic rings. The molecule has 1 aliphatic carbocycles. The molecule has 1 aliphatic heterocycles. The third-order valence-electron chi connectivity index (χ3n) is 6.07. The van der Waals surface area contributed by atoms with E-state index in [0.717, 1.165) is 12.8 Å². The molecule has 2 fully saturated rings. The van der Waals surface area contributed by atoms with Crippen molar-refractivity contribution in [3.05, 3.63) is 23.4 Å². The first-order valence-corrected chi connectivity index (χ1v) is 11.1. The standard InChI is InChI=1S/C21H32FN7O4/c1-29(2)21(31)12-3-5-14(6-4-12)33-16-7-8-24-11-15(16)27-20(30)17(18(23)28-32)19-25-9-13(22)10-26-19/h7-8,11-14,17-19,25-26H,3-6,9-10,23H2,1-2H3,(H,27,30)/t12-,13?,14+,17?,18?,19?. The number of nitroso groups, excluding NO2 is 1. The summed E-state index contributed by atoms with van der Waals surface area (Å²) in [5, 5.41) is 11.2. The van der Waals surface area contributed by atoms with Crippen LogP contribution in [-0.2, 0) is 9.59 Å². The lowest BCUT2D eigenvalue weighted by atomic mass is 9.86. The number of nitrogens with two attached hydrogens (primary N) is 1. The number of ether oxygens (including phenoxy) is 1. The number of anilines is 1. The minimum atomic E-state index is -1.34. The third-order valence-corrected chi connectivity index (χ3v) is 6.07. The lowest BCUT2D eigenvalue weighted by Gasteiger charge is -2.34. The molecule has 0 bridgehead atoms. The van der Waals surface area contributed by atoms with Crippen LogP contribution in [0.25, 0.3) is 0 Å². The number of aromatic nitrogens is 1. The van der Waals surface area contributed by atoms with Gasteiger partial charge in [0, 0.05) is 45.4 Å². The van der Waals surface area contributed by atoms with Crippen LogP contribution in [0, 0.1) is 16.7 Å². The van der Waals surface area contributed by atoms with Gasteiger partial charge in [-0.25, -0.2) is 4.39 Å². The molecule has 2 unspecified atom stereocenters. The van der Waals surface area contributed by atoms with Gasteiger partial charge in [0.1, 0.15) is 23.5 Å². The van der Waals surface area contributed by atoms with Crippen LogP contribution in [-0.4, -0.2) is 73.5 Å². The first-order valence-electron chi connectivity index (χ1n) is 11.1. The largest absolute Gasteiger partial charge is 0.488 e. The Morgan fingerprint density at radius 3 is 2.55 bits per heavy atom. The van der Waals surface area contributed by atoms with Crippen LogP contribution in [0.5, 0.6) is 5.75 Å². The number of alkyl halides is 1. The maximum atomic E-state index is 13.4. The summed E-state index contributed by atoms with van der Waals surface area (Å²) >= 11 is 0. The normalized spacial score (nSPS) is 27.2. The summed E-state index contributed by atoms with van der Waals surface area (Å²) in [7, 11) is 3.51. The van der Waals surface area contributed by atoms with E-state index in [0.29, 0.717) is 24.3 Å². The average Bonchev–Trinajstić information content (AvgIpc) is 2.81. The maximum absolute atomic E-state index is 13.4. The van der Waals surface area contributed by atoms with Crippen LogP contribution in [0.2, 0.25) is 0 Å². The summed E-state index contributed by atoms with van der Waals surface area (Å²) in [6.07, 6.45) is 2.62. The van der Waals surface area contributed by atoms with E-state index in [2.05, 4.69) is 26.1 Å². The van der Waals surface area contributed by atoms with E-state index in [-0.39, 0.29) is 31.0 Å². The summed E-state index contributed by atoms with van der Waals surface area (Å²) in [5.41, 5.74) is 6.12. The lowest BCUT2D eigenvalue weighted by Crippen LogP contribution is -2.62. The molecule has 33 heavy (non-hydrogen) atoms. The summed E-state index contributed by atoms with van der Waals surface area (Å²) < 4.78 is 19.6. The smallest absolute Gasteiger partial charge is 0.234 e. The lowest BCUT2D eigenvalue weighted by molar-refractivity contribution is -0.134. The molecule has 2 heterocycles. The molecule has 0 aromatic carbocycles. The van der Waals surface area contributed by atoms with Crippen molar-refractivity contribution >= 4 is 17.5 Å². The number of amides is 2. The van der Waals surface area contributed by atoms with Crippen molar-refractivity contribution in [3.63, 3.8) is 0 Å². The zero-order valence-electron chi connectivity index (χ0n) is 18.9. The Bertz CT molecular complexity index is 827. The summed E-state index contributed by atoms with van der Waals surface area (Å²) in [5.74, 6) is -1.09. The molecule has 12 heteroatoms. The first-order chi connectivity index (χ1) is 15.8. The average molecular weight is 466 g/mol. The highest BCUT2D eigenvalue weighted by Gasteiger charge is 2.37. The Morgan fingerprint density at radius 1 is 1.27 bits per heavy atom. The Balaban J connectivity index is 1.65. The van der Waals surface area contributed by atoms with Crippen LogP contribution < -0.4 is 26.4 Å². The third kappa shape index (κ3) is 6.42. The fraction of sp³-hybridized carbons (Fsp3) is 0.667. The summed E-state index contributed by atoms with van der Waals surface area (Å²) in [4.78, 5) is 42.0. The fourth-order valence-corrected chi connectivity index (χ4v) is 4.24. The van der Waals surface area contributed by atoms with Crippen molar-refractivity contribution in [3.8, 4) is 5.75 Å². The molecule has 0 spiro atoms. The summed E-state index contributed by atoms with van der Waals surface area (Å²) in [6.45, 7) is 0.0700. The predicted octanol–water partition coefficient (Wildman–Crippen LogP) is 0.570. The van der Waals surface area contributed by atoms with Crippen LogP contribution in [0.1, 0.15) is 25.7 Å². The van der Waals surface area contributed by atoms with Gasteiger partial charge < -0.3 is 20.7 Å². The number of carbonyl (C=O) groups excluding carboxylic acids is 2. The molecule has 182 valence electrons. The second-order valence-electron chi connectivity index (χ2n) is 8.70. The van der Waals surface area contributed by atoms with Crippen molar-refractivity contribution < 1.29 is 18.7 Å². The zero-order valence-corrected chi connectivity index (χ0v) is 18.9. The van der Waals surface area contributed by atoms with Gasteiger partial charge in [-0.2, -0.15) is 0 Å². The number of halogens is 1. The van der Waals surface area contributed by atoms with Gasteiger partial charge in [0.25, 0.3) is 0 Å². The van der Waals surface area contributed by atoms with Crippen LogP contribution in [0.4, 0.5) is 10.1 Å². The molecule has 1 saturated heterocycles. The van der Waals surface area contributed by atoms with Gasteiger partial charge in [-0.15, -0.1) is 4.91 Å². The molecule has 1 aromatic heterocycles. The van der Waals surface area contributed by atoms with E-state index in [4.69, 9.17) is 10.5 Å². The van der Waals surface area contributed by atoms with E-state index in [9.17, 15) is 18.9 Å². The van der Waals surface area contributed by atoms with Crippen molar-refractivity contribution in [1.29, 1.82) is 0 Å². The number of nitrogens with zero attached hydrogens (tertiary/aromatic N) is 3. The molecule has 2 amide bonds.